The van der Waals surface area contributed by atoms with E-state index in [2.05, 4.69) is 43.4 Å². The molecule has 0 heterocycles. The van der Waals surface area contributed by atoms with E-state index in [9.17, 15) is 0 Å². The molecule has 0 aromatic heterocycles. The summed E-state index contributed by atoms with van der Waals surface area (Å²) in [5, 5.41) is 3.61. The van der Waals surface area contributed by atoms with Gasteiger partial charge in [-0.3, -0.25) is 0 Å². The molecule has 2 nitrogen and oxygen atoms in total. The molecule has 0 aliphatic carbocycles. The van der Waals surface area contributed by atoms with Gasteiger partial charge in [0.15, 0.2) is 0 Å². The molecule has 1 N–H and O–H groups in total. The van der Waals surface area contributed by atoms with Gasteiger partial charge in [-0.15, -0.1) is 0 Å². The highest BCUT2D eigenvalue weighted by Gasteiger charge is 2.12. The highest BCUT2D eigenvalue weighted by Crippen LogP contribution is 2.20. The molecule has 0 aliphatic heterocycles. The lowest BCUT2D eigenvalue weighted by atomic mass is 9.99. The Kier molecular flexibility index (Phi) is 6.90. The predicted molar refractivity (Wildman–Crippen MR) is 73.3 cm³/mol. The molecule has 0 saturated heterocycles. The zero-order valence-corrected chi connectivity index (χ0v) is 11.3. The summed E-state index contributed by atoms with van der Waals surface area (Å²) >= 11 is 0. The molecule has 0 amide bonds. The summed E-state index contributed by atoms with van der Waals surface area (Å²) in [5.41, 5.74) is 2.76. The van der Waals surface area contributed by atoms with Crippen LogP contribution in [-0.2, 0) is 4.74 Å². The monoisotopic (exact) mass is 235 g/mol. The minimum atomic E-state index is 0.419. The van der Waals surface area contributed by atoms with Crippen molar-refractivity contribution < 1.29 is 4.74 Å². The van der Waals surface area contributed by atoms with Crippen LogP contribution >= 0.6 is 0 Å². The van der Waals surface area contributed by atoms with Crippen LogP contribution < -0.4 is 5.32 Å². The minimum Gasteiger partial charge on any atom is -0.382 e. The molecular weight excluding hydrogens is 210 g/mol. The zero-order chi connectivity index (χ0) is 12.5. The molecule has 0 radical (unpaired) electrons. The molecule has 1 unspecified atom stereocenters. The zero-order valence-electron chi connectivity index (χ0n) is 11.3. The Morgan fingerprint density at radius 1 is 1.24 bits per heavy atom. The quantitative estimate of drug-likeness (QED) is 0.697. The van der Waals surface area contributed by atoms with Crippen molar-refractivity contribution in [2.75, 3.05) is 19.8 Å². The van der Waals surface area contributed by atoms with Gasteiger partial charge in [-0.1, -0.05) is 31.2 Å². The second-order valence-electron chi connectivity index (χ2n) is 4.35. The first-order chi connectivity index (χ1) is 8.29. The SMILES string of the molecule is CCCNC(CCOCC)c1ccccc1C. The van der Waals surface area contributed by atoms with Gasteiger partial charge in [0.1, 0.15) is 0 Å². The maximum atomic E-state index is 5.47. The Balaban J connectivity index is 2.64. The van der Waals surface area contributed by atoms with Crippen LogP contribution in [0.25, 0.3) is 0 Å². The first-order valence-corrected chi connectivity index (χ1v) is 6.66. The molecular formula is C15H25NO. The first kappa shape index (κ1) is 14.2. The van der Waals surface area contributed by atoms with E-state index in [1.54, 1.807) is 0 Å². The fraction of sp³-hybridized carbons (Fsp3) is 0.600. The summed E-state index contributed by atoms with van der Waals surface area (Å²) in [5.74, 6) is 0. The molecule has 0 fully saturated rings. The van der Waals surface area contributed by atoms with Crippen LogP contribution in [0.2, 0.25) is 0 Å². The van der Waals surface area contributed by atoms with Crippen molar-refractivity contribution in [3.05, 3.63) is 35.4 Å². The Hall–Kier alpha value is -0.860. The van der Waals surface area contributed by atoms with E-state index < -0.39 is 0 Å². The topological polar surface area (TPSA) is 21.3 Å². The molecule has 1 rings (SSSR count). The fourth-order valence-corrected chi connectivity index (χ4v) is 2.01. The molecule has 17 heavy (non-hydrogen) atoms. The third-order valence-electron chi connectivity index (χ3n) is 2.96. The molecule has 96 valence electrons. The van der Waals surface area contributed by atoms with Gasteiger partial charge >= 0.3 is 0 Å². The number of benzene rings is 1. The average Bonchev–Trinajstić information content (AvgIpc) is 2.35. The second-order valence-corrected chi connectivity index (χ2v) is 4.35. The number of ether oxygens (including phenoxy) is 1. The first-order valence-electron chi connectivity index (χ1n) is 6.66. The average molecular weight is 235 g/mol. The Morgan fingerprint density at radius 2 is 2.00 bits per heavy atom. The van der Waals surface area contributed by atoms with Crippen LogP contribution in [0, 0.1) is 6.92 Å². The predicted octanol–water partition coefficient (Wildman–Crippen LogP) is 3.46. The molecule has 0 aliphatic rings. The molecule has 1 aromatic rings. The van der Waals surface area contributed by atoms with Crippen molar-refractivity contribution in [2.24, 2.45) is 0 Å². The summed E-state index contributed by atoms with van der Waals surface area (Å²) in [6.07, 6.45) is 2.20. The van der Waals surface area contributed by atoms with Crippen LogP contribution in [0.15, 0.2) is 24.3 Å². The van der Waals surface area contributed by atoms with Crippen molar-refractivity contribution >= 4 is 0 Å². The summed E-state index contributed by atoms with van der Waals surface area (Å²) in [7, 11) is 0. The molecule has 2 heteroatoms. The van der Waals surface area contributed by atoms with Gasteiger partial charge in [-0.2, -0.15) is 0 Å². The van der Waals surface area contributed by atoms with Crippen LogP contribution in [0.4, 0.5) is 0 Å². The molecule has 1 aromatic carbocycles. The van der Waals surface area contributed by atoms with Gasteiger partial charge in [0.05, 0.1) is 0 Å². The maximum Gasteiger partial charge on any atom is 0.0484 e. The van der Waals surface area contributed by atoms with E-state index in [0.29, 0.717) is 6.04 Å². The summed E-state index contributed by atoms with van der Waals surface area (Å²) in [4.78, 5) is 0. The van der Waals surface area contributed by atoms with Gasteiger partial charge < -0.3 is 10.1 Å². The standard InChI is InChI=1S/C15H25NO/c1-4-11-16-15(10-12-17-5-2)14-9-7-6-8-13(14)3/h6-9,15-16H,4-5,10-12H2,1-3H3. The highest BCUT2D eigenvalue weighted by atomic mass is 16.5. The molecule has 1 atom stereocenters. The van der Waals surface area contributed by atoms with E-state index in [1.807, 2.05) is 6.92 Å². The lowest BCUT2D eigenvalue weighted by Crippen LogP contribution is -2.24. The minimum absolute atomic E-state index is 0.419. The number of aryl methyl sites for hydroxylation is 1. The number of rotatable bonds is 8. The molecule has 0 saturated carbocycles. The third kappa shape index (κ3) is 4.88. The van der Waals surface area contributed by atoms with Gasteiger partial charge in [0.2, 0.25) is 0 Å². The Labute approximate surface area is 105 Å². The Bertz CT molecular complexity index is 312. The largest absolute Gasteiger partial charge is 0.382 e. The molecule has 0 spiro atoms. The molecule has 0 bridgehead atoms. The number of hydrogen-bond donors (Lipinski definition) is 1. The van der Waals surface area contributed by atoms with Gasteiger partial charge in [0.25, 0.3) is 0 Å². The third-order valence-corrected chi connectivity index (χ3v) is 2.96. The van der Waals surface area contributed by atoms with Gasteiger partial charge in [-0.05, 0) is 44.4 Å². The second kappa shape index (κ2) is 8.26. The lowest BCUT2D eigenvalue weighted by molar-refractivity contribution is 0.136. The van der Waals surface area contributed by atoms with Crippen molar-refractivity contribution in [1.29, 1.82) is 0 Å². The van der Waals surface area contributed by atoms with Gasteiger partial charge in [0, 0.05) is 19.3 Å². The summed E-state index contributed by atoms with van der Waals surface area (Å²) in [6, 6.07) is 9.02. The fourth-order valence-electron chi connectivity index (χ4n) is 2.01. The Morgan fingerprint density at radius 3 is 2.65 bits per heavy atom. The number of nitrogens with one attached hydrogen (secondary N) is 1. The van der Waals surface area contributed by atoms with E-state index in [0.717, 1.165) is 32.6 Å². The summed E-state index contributed by atoms with van der Waals surface area (Å²) in [6.45, 7) is 9.11. The smallest absolute Gasteiger partial charge is 0.0484 e. The highest BCUT2D eigenvalue weighted by molar-refractivity contribution is 5.28. The van der Waals surface area contributed by atoms with Crippen molar-refractivity contribution in [2.45, 2.75) is 39.7 Å². The van der Waals surface area contributed by atoms with Crippen LogP contribution in [0.1, 0.15) is 43.9 Å². The summed E-state index contributed by atoms with van der Waals surface area (Å²) < 4.78 is 5.47. The van der Waals surface area contributed by atoms with Crippen LogP contribution in [0.5, 0.6) is 0 Å². The van der Waals surface area contributed by atoms with Crippen LogP contribution in [0.3, 0.4) is 0 Å². The van der Waals surface area contributed by atoms with Crippen molar-refractivity contribution in [3.63, 3.8) is 0 Å². The van der Waals surface area contributed by atoms with E-state index in [1.165, 1.54) is 11.1 Å². The lowest BCUT2D eigenvalue weighted by Gasteiger charge is -2.20. The van der Waals surface area contributed by atoms with Gasteiger partial charge in [-0.25, -0.2) is 0 Å². The number of hydrogen-bond acceptors (Lipinski definition) is 2. The maximum absolute atomic E-state index is 5.47. The van der Waals surface area contributed by atoms with E-state index in [-0.39, 0.29) is 0 Å². The van der Waals surface area contributed by atoms with Crippen molar-refractivity contribution in [1.82, 2.24) is 5.32 Å². The normalized spacial score (nSPS) is 12.6. The van der Waals surface area contributed by atoms with Crippen molar-refractivity contribution in [3.8, 4) is 0 Å². The van der Waals surface area contributed by atoms with Crippen LogP contribution in [-0.4, -0.2) is 19.8 Å². The van der Waals surface area contributed by atoms with E-state index >= 15 is 0 Å². The van der Waals surface area contributed by atoms with E-state index in [4.69, 9.17) is 4.74 Å².